The summed E-state index contributed by atoms with van der Waals surface area (Å²) in [4.78, 5) is 22.0. The maximum absolute atomic E-state index is 12.5. The molecule has 1 aromatic rings. The first-order valence-electron chi connectivity index (χ1n) is 6.22. The van der Waals surface area contributed by atoms with Gasteiger partial charge < -0.3 is 9.84 Å². The molecular weight excluding hydrogens is 378 g/mol. The normalized spacial score (nSPS) is 11.5. The van der Waals surface area contributed by atoms with E-state index in [2.05, 4.69) is 20.7 Å². The lowest BCUT2D eigenvalue weighted by molar-refractivity contribution is -0.140. The molecule has 122 valence electrons. The number of aliphatic carboxylic acids is 1. The largest absolute Gasteiger partial charge is 0.481 e. The van der Waals surface area contributed by atoms with Crippen molar-refractivity contribution in [1.29, 1.82) is 0 Å². The van der Waals surface area contributed by atoms with Crippen LogP contribution in [-0.4, -0.2) is 50.5 Å². The Balaban J connectivity index is 3.17. The molecule has 0 aromatic heterocycles. The van der Waals surface area contributed by atoms with Gasteiger partial charge in [0.25, 0.3) is 0 Å². The van der Waals surface area contributed by atoms with E-state index in [-0.39, 0.29) is 29.8 Å². The van der Waals surface area contributed by atoms with Crippen LogP contribution in [0.3, 0.4) is 0 Å². The number of ether oxygens (including phenoxy) is 1. The maximum atomic E-state index is 12.5. The van der Waals surface area contributed by atoms with Crippen molar-refractivity contribution in [3.05, 3.63) is 28.2 Å². The van der Waals surface area contributed by atoms with Gasteiger partial charge in [0.05, 0.1) is 24.8 Å². The summed E-state index contributed by atoms with van der Waals surface area (Å²) in [5, 5.41) is 8.65. The van der Waals surface area contributed by atoms with E-state index < -0.39 is 22.0 Å². The van der Waals surface area contributed by atoms with Crippen LogP contribution >= 0.6 is 15.9 Å². The van der Waals surface area contributed by atoms with Crippen LogP contribution in [0.2, 0.25) is 0 Å². The number of carboxylic acid groups (broad SMARTS) is 1. The average molecular weight is 394 g/mol. The van der Waals surface area contributed by atoms with Gasteiger partial charge in [-0.25, -0.2) is 12.7 Å². The van der Waals surface area contributed by atoms with E-state index in [4.69, 9.17) is 5.11 Å². The Labute approximate surface area is 137 Å². The first kappa shape index (κ1) is 18.6. The van der Waals surface area contributed by atoms with Crippen molar-refractivity contribution in [1.82, 2.24) is 4.31 Å². The summed E-state index contributed by atoms with van der Waals surface area (Å²) >= 11 is 3.22. The summed E-state index contributed by atoms with van der Waals surface area (Å²) in [5.41, 5.74) is 0.281. The van der Waals surface area contributed by atoms with E-state index in [1.165, 1.54) is 26.3 Å². The zero-order valence-electron chi connectivity index (χ0n) is 12.1. The highest BCUT2D eigenvalue weighted by molar-refractivity contribution is 9.10. The minimum Gasteiger partial charge on any atom is -0.481 e. The molecule has 1 aromatic carbocycles. The summed E-state index contributed by atoms with van der Waals surface area (Å²) in [6, 6.07) is 4.43. The Morgan fingerprint density at radius 1 is 1.36 bits per heavy atom. The third kappa shape index (κ3) is 4.79. The molecule has 0 radical (unpaired) electrons. The molecule has 1 rings (SSSR count). The number of hydrogen-bond acceptors (Lipinski definition) is 5. The number of halogens is 1. The molecule has 0 aliphatic heterocycles. The number of methoxy groups -OCH3 is 1. The van der Waals surface area contributed by atoms with Crippen molar-refractivity contribution in [2.45, 2.75) is 17.7 Å². The molecule has 1 N–H and O–H groups in total. The number of carbonyl (C=O) groups excluding carboxylic acids is 1. The molecule has 0 amide bonds. The van der Waals surface area contributed by atoms with Crippen molar-refractivity contribution in [3.63, 3.8) is 0 Å². The Hall–Kier alpha value is -1.45. The van der Waals surface area contributed by atoms with Gasteiger partial charge in [-0.3, -0.25) is 9.59 Å². The highest BCUT2D eigenvalue weighted by Crippen LogP contribution is 2.24. The lowest BCUT2D eigenvalue weighted by Gasteiger charge is -2.18. The number of benzene rings is 1. The van der Waals surface area contributed by atoms with Crippen LogP contribution in [0.4, 0.5) is 0 Å². The second-order valence-electron chi connectivity index (χ2n) is 4.48. The number of sulfonamides is 1. The molecule has 0 saturated carbocycles. The molecule has 0 unspecified atom stereocenters. The fourth-order valence-corrected chi connectivity index (χ4v) is 3.49. The summed E-state index contributed by atoms with van der Waals surface area (Å²) in [7, 11) is -1.38. The van der Waals surface area contributed by atoms with Gasteiger partial charge in [-0.1, -0.05) is 15.9 Å². The SMILES string of the molecule is COC(=O)Cc1cc(Br)ccc1S(=O)(=O)N(C)CCC(=O)O. The molecule has 0 heterocycles. The van der Waals surface area contributed by atoms with Gasteiger partial charge in [-0.15, -0.1) is 0 Å². The number of carboxylic acids is 1. The molecule has 0 bridgehead atoms. The van der Waals surface area contributed by atoms with E-state index in [0.29, 0.717) is 4.47 Å². The van der Waals surface area contributed by atoms with Gasteiger partial charge in [0.2, 0.25) is 10.0 Å². The molecule has 0 fully saturated rings. The zero-order valence-corrected chi connectivity index (χ0v) is 14.5. The average Bonchev–Trinajstić information content (AvgIpc) is 2.44. The van der Waals surface area contributed by atoms with Crippen molar-refractivity contribution < 1.29 is 27.9 Å². The minimum atomic E-state index is -3.89. The Morgan fingerprint density at radius 2 is 2.00 bits per heavy atom. The fraction of sp³-hybridized carbons (Fsp3) is 0.385. The third-order valence-corrected chi connectivity index (χ3v) is 5.36. The van der Waals surface area contributed by atoms with Gasteiger partial charge in [-0.2, -0.15) is 0 Å². The molecule has 0 aliphatic carbocycles. The van der Waals surface area contributed by atoms with Gasteiger partial charge in [0.15, 0.2) is 0 Å². The first-order chi connectivity index (χ1) is 10.2. The van der Waals surface area contributed by atoms with E-state index in [9.17, 15) is 18.0 Å². The minimum absolute atomic E-state index is 0.0472. The maximum Gasteiger partial charge on any atom is 0.310 e. The van der Waals surface area contributed by atoms with Crippen LogP contribution in [-0.2, 0) is 30.8 Å². The smallest absolute Gasteiger partial charge is 0.310 e. The molecule has 0 atom stereocenters. The van der Waals surface area contributed by atoms with E-state index in [1.807, 2.05) is 0 Å². The monoisotopic (exact) mass is 393 g/mol. The summed E-state index contributed by atoms with van der Waals surface area (Å²) in [6.45, 7) is -0.161. The quantitative estimate of drug-likeness (QED) is 0.699. The molecule has 9 heteroatoms. The highest BCUT2D eigenvalue weighted by Gasteiger charge is 2.25. The fourth-order valence-electron chi connectivity index (χ4n) is 1.71. The van der Waals surface area contributed by atoms with Crippen molar-refractivity contribution >= 4 is 37.9 Å². The van der Waals surface area contributed by atoms with Gasteiger partial charge in [0, 0.05) is 18.1 Å². The van der Waals surface area contributed by atoms with E-state index >= 15 is 0 Å². The number of nitrogens with zero attached hydrogens (tertiary/aromatic N) is 1. The van der Waals surface area contributed by atoms with Crippen molar-refractivity contribution in [2.75, 3.05) is 20.7 Å². The second-order valence-corrected chi connectivity index (χ2v) is 7.40. The van der Waals surface area contributed by atoms with Crippen molar-refractivity contribution in [3.8, 4) is 0 Å². The highest BCUT2D eigenvalue weighted by atomic mass is 79.9. The summed E-state index contributed by atoms with van der Waals surface area (Å²) in [6.07, 6.45) is -0.504. The molecular formula is C13H16BrNO6S. The Morgan fingerprint density at radius 3 is 2.55 bits per heavy atom. The molecule has 22 heavy (non-hydrogen) atoms. The van der Waals surface area contributed by atoms with Gasteiger partial charge >= 0.3 is 11.9 Å². The lowest BCUT2D eigenvalue weighted by atomic mass is 10.1. The van der Waals surface area contributed by atoms with Crippen LogP contribution < -0.4 is 0 Å². The number of rotatable bonds is 7. The second kappa shape index (κ2) is 7.70. The predicted molar refractivity (Wildman–Crippen MR) is 81.9 cm³/mol. The van der Waals surface area contributed by atoms with Crippen molar-refractivity contribution in [2.24, 2.45) is 0 Å². The molecule has 0 saturated heterocycles. The molecule has 7 nitrogen and oxygen atoms in total. The Bertz CT molecular complexity index is 673. The van der Waals surface area contributed by atoms with Crippen LogP contribution in [0.1, 0.15) is 12.0 Å². The van der Waals surface area contributed by atoms with Gasteiger partial charge in [0.1, 0.15) is 0 Å². The van der Waals surface area contributed by atoms with E-state index in [1.54, 1.807) is 6.07 Å². The lowest BCUT2D eigenvalue weighted by Crippen LogP contribution is -2.30. The van der Waals surface area contributed by atoms with Crippen LogP contribution in [0.25, 0.3) is 0 Å². The topological polar surface area (TPSA) is 101 Å². The number of esters is 1. The molecule has 0 spiro atoms. The summed E-state index contributed by atoms with van der Waals surface area (Å²) < 4.78 is 31.2. The van der Waals surface area contributed by atoms with Crippen LogP contribution in [0, 0.1) is 0 Å². The number of hydrogen-bond donors (Lipinski definition) is 1. The predicted octanol–water partition coefficient (Wildman–Crippen LogP) is 1.26. The Kier molecular flexibility index (Phi) is 6.51. The van der Waals surface area contributed by atoms with Crippen LogP contribution in [0.15, 0.2) is 27.6 Å². The standard InChI is InChI=1S/C13H16BrNO6S/c1-15(6-5-12(16)17)22(19,20)11-4-3-10(14)7-9(11)8-13(18)21-2/h3-4,7H,5-6,8H2,1-2H3,(H,16,17). The van der Waals surface area contributed by atoms with Crippen LogP contribution in [0.5, 0.6) is 0 Å². The first-order valence-corrected chi connectivity index (χ1v) is 8.45. The summed E-state index contributed by atoms with van der Waals surface area (Å²) in [5.74, 6) is -1.66. The van der Waals surface area contributed by atoms with Gasteiger partial charge in [-0.05, 0) is 23.8 Å². The zero-order chi connectivity index (χ0) is 16.9. The number of carbonyl (C=O) groups is 2. The molecule has 0 aliphatic rings. The third-order valence-electron chi connectivity index (χ3n) is 2.91. The van der Waals surface area contributed by atoms with E-state index in [0.717, 1.165) is 4.31 Å².